The molecule has 0 saturated carbocycles. The maximum Gasteiger partial charge on any atom is 0.239 e. The molecule has 1 atom stereocenters. The van der Waals surface area contributed by atoms with E-state index in [-0.39, 0.29) is 12.0 Å². The van der Waals surface area contributed by atoms with Gasteiger partial charge in [-0.1, -0.05) is 18.2 Å². The molecule has 4 nitrogen and oxygen atoms in total. The lowest BCUT2D eigenvalue weighted by Crippen LogP contribution is -2.38. The van der Waals surface area contributed by atoms with Crippen molar-refractivity contribution in [3.05, 3.63) is 30.3 Å². The summed E-state index contributed by atoms with van der Waals surface area (Å²) in [5.74, 6) is 0.0388. The highest BCUT2D eigenvalue weighted by atomic mass is 16.5. The van der Waals surface area contributed by atoms with Gasteiger partial charge in [0.2, 0.25) is 5.91 Å². The van der Waals surface area contributed by atoms with Gasteiger partial charge in [0.25, 0.3) is 0 Å². The fraction of sp³-hybridized carbons (Fsp3) is 0.500. The first kappa shape index (κ1) is 12.9. The summed E-state index contributed by atoms with van der Waals surface area (Å²) in [6.07, 6.45) is 2.36. The number of amides is 1. The average Bonchev–Trinajstić information content (AvgIpc) is 2.90. The highest BCUT2D eigenvalue weighted by Gasteiger charge is 2.16. The quantitative estimate of drug-likeness (QED) is 0.857. The standard InChI is InChI=1S/C14H20N2O2/c1-16(12-6-3-2-4-7-12)11-14(17)15-10-13-8-5-9-18-13/h2-4,6-7,13H,5,8-11H2,1H3,(H,15,17). The van der Waals surface area contributed by atoms with Crippen molar-refractivity contribution in [3.63, 3.8) is 0 Å². The predicted octanol–water partition coefficient (Wildman–Crippen LogP) is 1.42. The zero-order chi connectivity index (χ0) is 12.8. The number of para-hydroxylation sites is 1. The number of anilines is 1. The van der Waals surface area contributed by atoms with Gasteiger partial charge >= 0.3 is 0 Å². The van der Waals surface area contributed by atoms with Crippen molar-refractivity contribution in [3.8, 4) is 0 Å². The van der Waals surface area contributed by atoms with E-state index in [1.54, 1.807) is 0 Å². The summed E-state index contributed by atoms with van der Waals surface area (Å²) in [6, 6.07) is 9.89. The minimum Gasteiger partial charge on any atom is -0.376 e. The Bertz CT molecular complexity index is 375. The van der Waals surface area contributed by atoms with E-state index < -0.39 is 0 Å². The number of nitrogens with one attached hydrogen (secondary N) is 1. The second-order valence-corrected chi connectivity index (χ2v) is 4.63. The first-order valence-electron chi connectivity index (χ1n) is 6.40. The van der Waals surface area contributed by atoms with Gasteiger partial charge in [-0.2, -0.15) is 0 Å². The maximum atomic E-state index is 11.8. The summed E-state index contributed by atoms with van der Waals surface area (Å²) in [5.41, 5.74) is 1.05. The Kier molecular flexibility index (Phi) is 4.59. The van der Waals surface area contributed by atoms with Crippen LogP contribution in [-0.4, -0.2) is 38.8 Å². The number of rotatable bonds is 5. The van der Waals surface area contributed by atoms with Crippen molar-refractivity contribution in [2.45, 2.75) is 18.9 Å². The van der Waals surface area contributed by atoms with E-state index >= 15 is 0 Å². The van der Waals surface area contributed by atoms with Gasteiger partial charge in [-0.05, 0) is 25.0 Å². The van der Waals surface area contributed by atoms with E-state index in [4.69, 9.17) is 4.74 Å². The molecule has 1 fully saturated rings. The van der Waals surface area contributed by atoms with Crippen LogP contribution in [0.1, 0.15) is 12.8 Å². The lowest BCUT2D eigenvalue weighted by molar-refractivity contribution is -0.120. The topological polar surface area (TPSA) is 41.6 Å². The van der Waals surface area contributed by atoms with E-state index in [1.807, 2.05) is 42.3 Å². The molecule has 18 heavy (non-hydrogen) atoms. The van der Waals surface area contributed by atoms with Crippen molar-refractivity contribution >= 4 is 11.6 Å². The molecule has 1 unspecified atom stereocenters. The van der Waals surface area contributed by atoms with Crippen molar-refractivity contribution in [2.75, 3.05) is 31.6 Å². The van der Waals surface area contributed by atoms with Crippen LogP contribution in [0.2, 0.25) is 0 Å². The largest absolute Gasteiger partial charge is 0.376 e. The molecule has 2 rings (SSSR count). The van der Waals surface area contributed by atoms with Crippen LogP contribution in [0.25, 0.3) is 0 Å². The van der Waals surface area contributed by atoms with Crippen LogP contribution in [0.4, 0.5) is 5.69 Å². The Hall–Kier alpha value is -1.55. The highest BCUT2D eigenvalue weighted by molar-refractivity contribution is 5.81. The summed E-state index contributed by atoms with van der Waals surface area (Å²) >= 11 is 0. The molecule has 0 bridgehead atoms. The number of benzene rings is 1. The molecule has 1 saturated heterocycles. The Morgan fingerprint density at radius 2 is 2.22 bits per heavy atom. The van der Waals surface area contributed by atoms with Crippen molar-refractivity contribution in [2.24, 2.45) is 0 Å². The van der Waals surface area contributed by atoms with Gasteiger partial charge in [0.15, 0.2) is 0 Å². The summed E-state index contributed by atoms with van der Waals surface area (Å²) < 4.78 is 5.46. The van der Waals surface area contributed by atoms with Gasteiger partial charge in [0.05, 0.1) is 12.6 Å². The molecule has 1 heterocycles. The minimum atomic E-state index is 0.0388. The van der Waals surface area contributed by atoms with Crippen LogP contribution in [0.3, 0.4) is 0 Å². The van der Waals surface area contributed by atoms with Crippen LogP contribution in [0, 0.1) is 0 Å². The molecule has 1 aromatic carbocycles. The highest BCUT2D eigenvalue weighted by Crippen LogP contribution is 2.11. The van der Waals surface area contributed by atoms with Crippen molar-refractivity contribution in [1.29, 1.82) is 0 Å². The van der Waals surface area contributed by atoms with Crippen molar-refractivity contribution in [1.82, 2.24) is 5.32 Å². The number of hydrogen-bond donors (Lipinski definition) is 1. The third-order valence-electron chi connectivity index (χ3n) is 3.13. The molecule has 0 radical (unpaired) electrons. The second-order valence-electron chi connectivity index (χ2n) is 4.63. The van der Waals surface area contributed by atoms with Gasteiger partial charge in [0, 0.05) is 25.9 Å². The molecule has 1 N–H and O–H groups in total. The fourth-order valence-electron chi connectivity index (χ4n) is 2.08. The van der Waals surface area contributed by atoms with E-state index in [0.29, 0.717) is 13.1 Å². The number of likely N-dealkylation sites (N-methyl/N-ethyl adjacent to an activating group) is 1. The van der Waals surface area contributed by atoms with Crippen LogP contribution in [0.15, 0.2) is 30.3 Å². The first-order chi connectivity index (χ1) is 8.75. The summed E-state index contributed by atoms with van der Waals surface area (Å²) in [6.45, 7) is 1.82. The zero-order valence-electron chi connectivity index (χ0n) is 10.8. The van der Waals surface area contributed by atoms with Gasteiger partial charge in [0.1, 0.15) is 0 Å². The van der Waals surface area contributed by atoms with Gasteiger partial charge in [-0.25, -0.2) is 0 Å². The third kappa shape index (κ3) is 3.74. The third-order valence-corrected chi connectivity index (χ3v) is 3.13. The molecule has 1 amide bonds. The van der Waals surface area contributed by atoms with Gasteiger partial charge in [-0.15, -0.1) is 0 Å². The summed E-state index contributed by atoms with van der Waals surface area (Å²) in [4.78, 5) is 13.7. The molecule has 1 aliphatic heterocycles. The normalized spacial score (nSPS) is 18.6. The van der Waals surface area contributed by atoms with Crippen LogP contribution in [-0.2, 0) is 9.53 Å². The van der Waals surface area contributed by atoms with Gasteiger partial charge in [-0.3, -0.25) is 4.79 Å². The van der Waals surface area contributed by atoms with Crippen molar-refractivity contribution < 1.29 is 9.53 Å². The molecule has 0 aromatic heterocycles. The smallest absolute Gasteiger partial charge is 0.239 e. The number of nitrogens with zero attached hydrogens (tertiary/aromatic N) is 1. The maximum absolute atomic E-state index is 11.8. The Balaban J connectivity index is 1.73. The fourth-order valence-corrected chi connectivity index (χ4v) is 2.08. The molecule has 0 aliphatic carbocycles. The molecule has 0 spiro atoms. The first-order valence-corrected chi connectivity index (χ1v) is 6.40. The lowest BCUT2D eigenvalue weighted by atomic mass is 10.2. The van der Waals surface area contributed by atoms with E-state index in [9.17, 15) is 4.79 Å². The Morgan fingerprint density at radius 3 is 2.89 bits per heavy atom. The van der Waals surface area contributed by atoms with Gasteiger partial charge < -0.3 is 15.0 Å². The monoisotopic (exact) mass is 248 g/mol. The Morgan fingerprint density at radius 1 is 1.44 bits per heavy atom. The molecule has 1 aromatic rings. The Labute approximate surface area is 108 Å². The van der Waals surface area contributed by atoms with Crippen LogP contribution < -0.4 is 10.2 Å². The van der Waals surface area contributed by atoms with E-state index in [1.165, 1.54) is 0 Å². The summed E-state index contributed by atoms with van der Waals surface area (Å²) in [5, 5.41) is 2.92. The zero-order valence-corrected chi connectivity index (χ0v) is 10.8. The minimum absolute atomic E-state index is 0.0388. The lowest BCUT2D eigenvalue weighted by Gasteiger charge is -2.19. The SMILES string of the molecule is CN(CC(=O)NCC1CCCO1)c1ccccc1. The van der Waals surface area contributed by atoms with E-state index in [0.717, 1.165) is 25.1 Å². The number of hydrogen-bond acceptors (Lipinski definition) is 3. The number of ether oxygens (including phenoxy) is 1. The van der Waals surface area contributed by atoms with Crippen LogP contribution in [0.5, 0.6) is 0 Å². The predicted molar refractivity (Wildman–Crippen MR) is 71.7 cm³/mol. The average molecular weight is 248 g/mol. The number of carbonyl (C=O) groups excluding carboxylic acids is 1. The van der Waals surface area contributed by atoms with Crippen LogP contribution >= 0.6 is 0 Å². The molecule has 1 aliphatic rings. The van der Waals surface area contributed by atoms with E-state index in [2.05, 4.69) is 5.32 Å². The second kappa shape index (κ2) is 6.40. The number of carbonyl (C=O) groups is 1. The molecule has 4 heteroatoms. The molecular weight excluding hydrogens is 228 g/mol. The summed E-state index contributed by atoms with van der Waals surface area (Å²) in [7, 11) is 1.92. The molecule has 98 valence electrons. The molecular formula is C14H20N2O2.